The van der Waals surface area contributed by atoms with Crippen LogP contribution in [0.2, 0.25) is 0 Å². The minimum atomic E-state index is 0.0720. The maximum absolute atomic E-state index is 5.39. The monoisotopic (exact) mass is 238 g/mol. The molecule has 0 fully saturated rings. The summed E-state index contributed by atoms with van der Waals surface area (Å²) in [5.74, 6) is 0.466. The summed E-state index contributed by atoms with van der Waals surface area (Å²) in [7, 11) is 0. The minimum absolute atomic E-state index is 0.0720. The topological polar surface area (TPSA) is 0 Å². The van der Waals surface area contributed by atoms with Gasteiger partial charge in [0, 0.05) is 4.75 Å². The molecule has 0 amide bonds. The Kier molecular flexibility index (Phi) is 4.35. The van der Waals surface area contributed by atoms with Crippen LogP contribution >= 0.6 is 24.0 Å². The van der Waals surface area contributed by atoms with Gasteiger partial charge >= 0.3 is 0 Å². The number of rotatable bonds is 3. The first-order valence-electron chi connectivity index (χ1n) is 5.22. The quantitative estimate of drug-likeness (QED) is 0.704. The van der Waals surface area contributed by atoms with Crippen molar-refractivity contribution in [3.05, 3.63) is 35.9 Å². The van der Waals surface area contributed by atoms with Crippen LogP contribution in [0.3, 0.4) is 0 Å². The second-order valence-corrected chi connectivity index (χ2v) is 6.81. The Hall–Kier alpha value is -0.340. The maximum atomic E-state index is 5.39. The number of hydrogen-bond donors (Lipinski definition) is 0. The molecule has 0 atom stereocenters. The highest BCUT2D eigenvalue weighted by Gasteiger charge is 2.23. The van der Waals surface area contributed by atoms with Crippen LogP contribution in [-0.2, 0) is 4.75 Å². The van der Waals surface area contributed by atoms with Crippen LogP contribution in [0.4, 0.5) is 0 Å². The Morgan fingerprint density at radius 1 is 1.20 bits per heavy atom. The molecule has 0 heterocycles. The highest BCUT2D eigenvalue weighted by molar-refractivity contribution is 8.23. The molecular formula is C13H18S2. The molecule has 0 unspecified atom stereocenters. The average molecular weight is 238 g/mol. The molecule has 0 N–H and O–H groups in total. The molecule has 0 spiro atoms. The van der Waals surface area contributed by atoms with E-state index in [2.05, 4.69) is 52.0 Å². The lowest BCUT2D eigenvalue weighted by molar-refractivity contribution is 0.786. The highest BCUT2D eigenvalue weighted by Crippen LogP contribution is 2.37. The predicted molar refractivity (Wildman–Crippen MR) is 74.5 cm³/mol. The van der Waals surface area contributed by atoms with Crippen molar-refractivity contribution in [1.82, 2.24) is 0 Å². The SMILES string of the molecule is CC(C)C(=S)SC(C)(C)c1ccccc1. The Morgan fingerprint density at radius 3 is 2.20 bits per heavy atom. The van der Waals surface area contributed by atoms with E-state index in [1.54, 1.807) is 11.8 Å². The van der Waals surface area contributed by atoms with E-state index in [1.807, 2.05) is 6.07 Å². The van der Waals surface area contributed by atoms with Gasteiger partial charge in [0.2, 0.25) is 0 Å². The predicted octanol–water partition coefficient (Wildman–Crippen LogP) is 4.64. The highest BCUT2D eigenvalue weighted by atomic mass is 32.2. The first-order chi connectivity index (χ1) is 6.93. The first-order valence-corrected chi connectivity index (χ1v) is 6.44. The fourth-order valence-electron chi connectivity index (χ4n) is 1.27. The molecule has 1 aromatic carbocycles. The average Bonchev–Trinajstić information content (AvgIpc) is 2.18. The summed E-state index contributed by atoms with van der Waals surface area (Å²) in [5, 5.41) is 0. The Morgan fingerprint density at radius 2 is 1.73 bits per heavy atom. The summed E-state index contributed by atoms with van der Waals surface area (Å²) in [4.78, 5) is 0. The third-order valence-electron chi connectivity index (χ3n) is 2.30. The van der Waals surface area contributed by atoms with Gasteiger partial charge in [0.05, 0.1) is 4.20 Å². The fourth-order valence-corrected chi connectivity index (χ4v) is 2.89. The van der Waals surface area contributed by atoms with Crippen molar-refractivity contribution in [1.29, 1.82) is 0 Å². The molecule has 82 valence electrons. The van der Waals surface area contributed by atoms with Crippen molar-refractivity contribution in [2.24, 2.45) is 5.92 Å². The van der Waals surface area contributed by atoms with Gasteiger partial charge in [0.25, 0.3) is 0 Å². The van der Waals surface area contributed by atoms with E-state index in [9.17, 15) is 0 Å². The zero-order chi connectivity index (χ0) is 11.5. The van der Waals surface area contributed by atoms with Crippen molar-refractivity contribution in [3.63, 3.8) is 0 Å². The third-order valence-corrected chi connectivity index (χ3v) is 4.44. The minimum Gasteiger partial charge on any atom is -0.108 e. The lowest BCUT2D eigenvalue weighted by Crippen LogP contribution is -2.16. The largest absolute Gasteiger partial charge is 0.108 e. The van der Waals surface area contributed by atoms with E-state index in [0.717, 1.165) is 4.20 Å². The smallest absolute Gasteiger partial charge is 0.0512 e. The molecule has 0 nitrogen and oxygen atoms in total. The molecule has 0 aliphatic rings. The fraction of sp³-hybridized carbons (Fsp3) is 0.462. The lowest BCUT2D eigenvalue weighted by Gasteiger charge is -2.26. The molecule has 0 aromatic heterocycles. The van der Waals surface area contributed by atoms with Gasteiger partial charge in [-0.2, -0.15) is 0 Å². The normalized spacial score (nSPS) is 11.8. The van der Waals surface area contributed by atoms with Gasteiger partial charge in [0.1, 0.15) is 0 Å². The van der Waals surface area contributed by atoms with Crippen LogP contribution in [-0.4, -0.2) is 4.20 Å². The van der Waals surface area contributed by atoms with Crippen molar-refractivity contribution >= 4 is 28.2 Å². The molecule has 2 heteroatoms. The van der Waals surface area contributed by atoms with Gasteiger partial charge in [-0.25, -0.2) is 0 Å². The molecule has 0 aliphatic carbocycles. The number of thiocarbonyl (C=S) groups is 1. The standard InChI is InChI=1S/C13H18S2/c1-10(2)12(14)15-13(3,4)11-8-6-5-7-9-11/h5-10H,1-4H3. The summed E-state index contributed by atoms with van der Waals surface area (Å²) >= 11 is 7.18. The van der Waals surface area contributed by atoms with E-state index in [4.69, 9.17) is 12.2 Å². The molecule has 1 aromatic rings. The molecule has 0 saturated carbocycles. The number of thioether (sulfide) groups is 1. The Labute approximate surface area is 102 Å². The van der Waals surface area contributed by atoms with Gasteiger partial charge in [-0.15, -0.1) is 11.8 Å². The van der Waals surface area contributed by atoms with E-state index in [1.165, 1.54) is 5.56 Å². The van der Waals surface area contributed by atoms with E-state index in [-0.39, 0.29) is 4.75 Å². The molecule has 0 aliphatic heterocycles. The van der Waals surface area contributed by atoms with Gasteiger partial charge in [-0.3, -0.25) is 0 Å². The molecular weight excluding hydrogens is 220 g/mol. The Bertz CT molecular complexity index is 326. The van der Waals surface area contributed by atoms with Crippen LogP contribution in [0, 0.1) is 5.92 Å². The van der Waals surface area contributed by atoms with Crippen LogP contribution in [0.5, 0.6) is 0 Å². The molecule has 0 radical (unpaired) electrons. The van der Waals surface area contributed by atoms with Gasteiger partial charge in [-0.05, 0) is 25.3 Å². The van der Waals surface area contributed by atoms with Gasteiger partial charge in [0.15, 0.2) is 0 Å². The van der Waals surface area contributed by atoms with Gasteiger partial charge < -0.3 is 0 Å². The molecule has 0 saturated heterocycles. The zero-order valence-electron chi connectivity index (χ0n) is 9.78. The summed E-state index contributed by atoms with van der Waals surface area (Å²) in [6.45, 7) is 8.75. The first kappa shape index (κ1) is 12.7. The number of benzene rings is 1. The van der Waals surface area contributed by atoms with Crippen molar-refractivity contribution in [2.45, 2.75) is 32.4 Å². The van der Waals surface area contributed by atoms with E-state index in [0.29, 0.717) is 5.92 Å². The number of hydrogen-bond acceptors (Lipinski definition) is 2. The summed E-state index contributed by atoms with van der Waals surface area (Å²) in [6, 6.07) is 10.5. The summed E-state index contributed by atoms with van der Waals surface area (Å²) in [6.07, 6.45) is 0. The van der Waals surface area contributed by atoms with Crippen molar-refractivity contribution in [3.8, 4) is 0 Å². The van der Waals surface area contributed by atoms with Crippen LogP contribution in [0.1, 0.15) is 33.3 Å². The lowest BCUT2D eigenvalue weighted by atomic mass is 10.0. The van der Waals surface area contributed by atoms with Crippen molar-refractivity contribution in [2.75, 3.05) is 0 Å². The summed E-state index contributed by atoms with van der Waals surface area (Å²) in [5.41, 5.74) is 1.33. The van der Waals surface area contributed by atoms with Gasteiger partial charge in [-0.1, -0.05) is 56.4 Å². The maximum Gasteiger partial charge on any atom is 0.0512 e. The third kappa shape index (κ3) is 3.62. The Balaban J connectivity index is 2.80. The van der Waals surface area contributed by atoms with Crippen LogP contribution in [0.25, 0.3) is 0 Å². The van der Waals surface area contributed by atoms with E-state index >= 15 is 0 Å². The van der Waals surface area contributed by atoms with E-state index < -0.39 is 0 Å². The summed E-state index contributed by atoms with van der Waals surface area (Å²) < 4.78 is 1.16. The molecule has 1 rings (SSSR count). The second kappa shape index (κ2) is 5.13. The zero-order valence-corrected chi connectivity index (χ0v) is 11.4. The molecule has 0 bridgehead atoms. The molecule has 15 heavy (non-hydrogen) atoms. The second-order valence-electron chi connectivity index (χ2n) is 4.45. The van der Waals surface area contributed by atoms with Crippen molar-refractivity contribution < 1.29 is 0 Å². The van der Waals surface area contributed by atoms with Crippen LogP contribution in [0.15, 0.2) is 30.3 Å². The van der Waals surface area contributed by atoms with Crippen LogP contribution < -0.4 is 0 Å².